The summed E-state index contributed by atoms with van der Waals surface area (Å²) in [5.74, 6) is -2.47. The average Bonchev–Trinajstić information content (AvgIpc) is 2.71. The summed E-state index contributed by atoms with van der Waals surface area (Å²) in [7, 11) is 0. The molecule has 3 rings (SSSR count). The molecule has 3 atom stereocenters. The van der Waals surface area contributed by atoms with Crippen molar-refractivity contribution in [3.8, 4) is 6.07 Å². The predicted octanol–water partition coefficient (Wildman–Crippen LogP) is 3.64. The molecule has 2 heterocycles. The highest BCUT2D eigenvalue weighted by Gasteiger charge is 2.55. The molecule has 1 aliphatic heterocycles. The van der Waals surface area contributed by atoms with Crippen LogP contribution in [-0.4, -0.2) is 29.1 Å². The van der Waals surface area contributed by atoms with Gasteiger partial charge in [-0.1, -0.05) is 13.0 Å². The number of nitriles is 1. The molecule has 2 N–H and O–H groups in total. The SMILES string of the molecule is C[C@@H]1[C@@H](C(F)(F)F)OC(N)=N[C@]1(C)c1cc(CC(=O)c2ccc(C#N)cn2)ccc1F. The molecule has 0 spiro atoms. The van der Waals surface area contributed by atoms with Crippen molar-refractivity contribution < 1.29 is 27.1 Å². The van der Waals surface area contributed by atoms with Crippen LogP contribution in [0.15, 0.2) is 41.5 Å². The van der Waals surface area contributed by atoms with E-state index in [1.54, 1.807) is 0 Å². The maximum absolute atomic E-state index is 14.7. The number of halogens is 4. The highest BCUT2D eigenvalue weighted by Crippen LogP contribution is 2.45. The number of alkyl halides is 3. The molecule has 2 aromatic rings. The Bertz CT molecular complexity index is 1080. The number of carbonyl (C=O) groups is 1. The minimum absolute atomic E-state index is 0.106. The number of rotatable bonds is 4. The summed E-state index contributed by atoms with van der Waals surface area (Å²) in [4.78, 5) is 20.4. The van der Waals surface area contributed by atoms with Crippen LogP contribution in [0.5, 0.6) is 0 Å². The van der Waals surface area contributed by atoms with Crippen molar-refractivity contribution >= 4 is 11.8 Å². The van der Waals surface area contributed by atoms with Crippen LogP contribution in [0.3, 0.4) is 0 Å². The summed E-state index contributed by atoms with van der Waals surface area (Å²) >= 11 is 0. The number of hydrogen-bond donors (Lipinski definition) is 1. The fourth-order valence-corrected chi connectivity index (χ4v) is 3.51. The lowest BCUT2D eigenvalue weighted by Crippen LogP contribution is -2.52. The quantitative estimate of drug-likeness (QED) is 0.585. The van der Waals surface area contributed by atoms with Crippen LogP contribution in [0.2, 0.25) is 0 Å². The number of ether oxygens (including phenoxy) is 1. The van der Waals surface area contributed by atoms with Gasteiger partial charge in [0.25, 0.3) is 6.02 Å². The van der Waals surface area contributed by atoms with Crippen LogP contribution < -0.4 is 5.73 Å². The van der Waals surface area contributed by atoms with Gasteiger partial charge in [-0.3, -0.25) is 9.78 Å². The molecule has 31 heavy (non-hydrogen) atoms. The number of aliphatic imine (C=N–C) groups is 1. The Hall–Kier alpha value is -3.48. The highest BCUT2D eigenvalue weighted by atomic mass is 19.4. The smallest absolute Gasteiger partial charge is 0.425 e. The molecule has 1 aliphatic rings. The Kier molecular flexibility index (Phi) is 5.72. The third-order valence-corrected chi connectivity index (χ3v) is 5.37. The van der Waals surface area contributed by atoms with Crippen molar-refractivity contribution in [3.05, 3.63) is 64.7 Å². The van der Waals surface area contributed by atoms with Gasteiger partial charge < -0.3 is 10.5 Å². The lowest BCUT2D eigenvalue weighted by Gasteiger charge is -2.41. The highest BCUT2D eigenvalue weighted by molar-refractivity contribution is 5.95. The summed E-state index contributed by atoms with van der Waals surface area (Å²) in [5, 5.41) is 8.81. The predicted molar refractivity (Wildman–Crippen MR) is 102 cm³/mol. The van der Waals surface area contributed by atoms with Crippen LogP contribution in [0, 0.1) is 23.1 Å². The summed E-state index contributed by atoms with van der Waals surface area (Å²) in [6, 6.07) is 7.78. The maximum atomic E-state index is 14.7. The molecule has 1 aromatic carbocycles. The second kappa shape index (κ2) is 7.98. The Labute approximate surface area is 175 Å². The van der Waals surface area contributed by atoms with Gasteiger partial charge in [0.15, 0.2) is 5.78 Å². The van der Waals surface area contributed by atoms with E-state index in [9.17, 15) is 22.4 Å². The number of pyridine rings is 1. The summed E-state index contributed by atoms with van der Waals surface area (Å²) in [6.45, 7) is 2.60. The number of benzene rings is 1. The number of hydrogen-bond acceptors (Lipinski definition) is 6. The molecule has 0 fully saturated rings. The largest absolute Gasteiger partial charge is 0.452 e. The molecule has 10 heteroatoms. The third-order valence-electron chi connectivity index (χ3n) is 5.37. The molecule has 0 bridgehead atoms. The normalized spacial score (nSPS) is 23.5. The molecule has 0 aliphatic carbocycles. The van der Waals surface area contributed by atoms with Gasteiger partial charge >= 0.3 is 6.18 Å². The molecule has 6 nitrogen and oxygen atoms in total. The molecule has 0 radical (unpaired) electrons. The van der Waals surface area contributed by atoms with Crippen molar-refractivity contribution in [1.29, 1.82) is 5.26 Å². The lowest BCUT2D eigenvalue weighted by atomic mass is 9.76. The average molecular weight is 434 g/mol. The maximum Gasteiger partial charge on any atom is 0.425 e. The first-order valence-corrected chi connectivity index (χ1v) is 9.22. The number of nitrogens with two attached hydrogens (primary N) is 1. The van der Waals surface area contributed by atoms with Crippen LogP contribution in [0.4, 0.5) is 17.6 Å². The van der Waals surface area contributed by atoms with Crippen molar-refractivity contribution in [1.82, 2.24) is 4.98 Å². The van der Waals surface area contributed by atoms with Gasteiger partial charge in [-0.2, -0.15) is 18.4 Å². The second-order valence-corrected chi connectivity index (χ2v) is 7.42. The van der Waals surface area contributed by atoms with Crippen LogP contribution in [0.1, 0.15) is 41.0 Å². The van der Waals surface area contributed by atoms with E-state index < -0.39 is 41.4 Å². The standard InChI is InChI=1S/C21H18F4N4O2/c1-11-18(21(23,24)25)31-19(27)29-20(11,2)14-7-12(3-5-15(14)22)8-17(30)16-6-4-13(9-26)10-28-16/h3-7,10-11,18H,8H2,1-2H3,(H2,27,29)/t11-,18+,20+/m1/s1. The monoisotopic (exact) mass is 434 g/mol. The number of carbonyl (C=O) groups excluding carboxylic acids is 1. The molecule has 1 aromatic heterocycles. The first kappa shape index (κ1) is 22.2. The van der Waals surface area contributed by atoms with Gasteiger partial charge in [-0.25, -0.2) is 9.38 Å². The summed E-state index contributed by atoms with van der Waals surface area (Å²) in [5.41, 5.74) is 4.45. The zero-order valence-corrected chi connectivity index (χ0v) is 16.6. The molecule has 0 saturated carbocycles. The molecule has 0 amide bonds. The molecule has 0 saturated heterocycles. The number of nitrogens with zero attached hydrogens (tertiary/aromatic N) is 3. The van der Waals surface area contributed by atoms with Gasteiger partial charge in [0, 0.05) is 24.1 Å². The van der Waals surface area contributed by atoms with E-state index in [0.29, 0.717) is 5.56 Å². The summed E-state index contributed by atoms with van der Waals surface area (Å²) < 4.78 is 59.6. The van der Waals surface area contributed by atoms with Crippen molar-refractivity contribution in [3.63, 3.8) is 0 Å². The Morgan fingerprint density at radius 3 is 2.61 bits per heavy atom. The van der Waals surface area contributed by atoms with Crippen molar-refractivity contribution in [2.45, 2.75) is 38.1 Å². The van der Waals surface area contributed by atoms with Gasteiger partial charge in [0.2, 0.25) is 6.10 Å². The van der Waals surface area contributed by atoms with E-state index in [4.69, 9.17) is 11.0 Å². The first-order valence-electron chi connectivity index (χ1n) is 9.22. The number of Topliss-reactive ketones (excluding diaryl/α,β-unsaturated/α-hetero) is 1. The fraction of sp³-hybridized carbons (Fsp3) is 0.333. The van der Waals surface area contributed by atoms with Crippen LogP contribution >= 0.6 is 0 Å². The van der Waals surface area contributed by atoms with Crippen molar-refractivity contribution in [2.24, 2.45) is 16.6 Å². The van der Waals surface area contributed by atoms with Gasteiger partial charge in [0.05, 0.1) is 11.1 Å². The van der Waals surface area contributed by atoms with E-state index in [-0.39, 0.29) is 23.2 Å². The molecule has 0 unspecified atom stereocenters. The Morgan fingerprint density at radius 2 is 2.03 bits per heavy atom. The first-order chi connectivity index (χ1) is 14.5. The fourth-order valence-electron chi connectivity index (χ4n) is 3.51. The zero-order valence-electron chi connectivity index (χ0n) is 16.6. The van der Waals surface area contributed by atoms with E-state index in [0.717, 1.165) is 6.07 Å². The molecular formula is C21H18F4N4O2. The number of amidine groups is 1. The van der Waals surface area contributed by atoms with E-state index in [2.05, 4.69) is 14.7 Å². The Morgan fingerprint density at radius 1 is 1.32 bits per heavy atom. The van der Waals surface area contributed by atoms with E-state index in [1.165, 1.54) is 44.3 Å². The second-order valence-electron chi connectivity index (χ2n) is 7.42. The molecule has 162 valence electrons. The van der Waals surface area contributed by atoms with Crippen LogP contribution in [-0.2, 0) is 16.7 Å². The van der Waals surface area contributed by atoms with Crippen molar-refractivity contribution in [2.75, 3.05) is 0 Å². The van der Waals surface area contributed by atoms with Crippen LogP contribution in [0.25, 0.3) is 0 Å². The minimum Gasteiger partial charge on any atom is -0.452 e. The molecular weight excluding hydrogens is 416 g/mol. The van der Waals surface area contributed by atoms with E-state index in [1.807, 2.05) is 6.07 Å². The minimum atomic E-state index is -4.73. The summed E-state index contributed by atoms with van der Waals surface area (Å²) in [6.07, 6.45) is -5.91. The zero-order chi connectivity index (χ0) is 23.0. The number of ketones is 1. The topological polar surface area (TPSA) is 101 Å². The number of aromatic nitrogens is 1. The Balaban J connectivity index is 1.95. The van der Waals surface area contributed by atoms with Gasteiger partial charge in [-0.05, 0) is 36.8 Å². The lowest BCUT2D eigenvalue weighted by molar-refractivity contribution is -0.223. The third kappa shape index (κ3) is 4.35. The van der Waals surface area contributed by atoms with Gasteiger partial charge in [-0.15, -0.1) is 0 Å². The van der Waals surface area contributed by atoms with Gasteiger partial charge in [0.1, 0.15) is 17.6 Å². The van der Waals surface area contributed by atoms with E-state index >= 15 is 0 Å².